The summed E-state index contributed by atoms with van der Waals surface area (Å²) in [5, 5.41) is 6.61. The molecule has 3 heterocycles. The van der Waals surface area contributed by atoms with Crippen LogP contribution in [0, 0.1) is 5.92 Å². The Balaban J connectivity index is 1.38. The van der Waals surface area contributed by atoms with E-state index in [0.29, 0.717) is 37.4 Å². The molecular formula is C20H20N4O4S. The fraction of sp³-hybridized carbons (Fsp3) is 0.250. The van der Waals surface area contributed by atoms with E-state index in [1.165, 1.54) is 22.8 Å². The lowest BCUT2D eigenvalue weighted by molar-refractivity contribution is -0.120. The number of amides is 1. The molecule has 150 valence electrons. The molecular weight excluding hydrogens is 392 g/mol. The number of aromatic nitrogens is 2. The number of anilines is 1. The van der Waals surface area contributed by atoms with E-state index in [0.717, 1.165) is 5.56 Å². The van der Waals surface area contributed by atoms with Crippen molar-refractivity contribution in [2.24, 2.45) is 5.92 Å². The molecule has 1 saturated heterocycles. The molecule has 0 bridgehead atoms. The minimum atomic E-state index is -3.58. The minimum absolute atomic E-state index is 0.113. The number of hydrogen-bond acceptors (Lipinski definition) is 6. The average molecular weight is 412 g/mol. The predicted molar refractivity (Wildman–Crippen MR) is 106 cm³/mol. The van der Waals surface area contributed by atoms with Crippen molar-refractivity contribution in [3.63, 3.8) is 0 Å². The number of rotatable bonds is 5. The SMILES string of the molecule is O=C(Nc1cccc(-c2ccno2)c1)C1CCN(S(=O)(=O)c2cccnc2)CC1. The van der Waals surface area contributed by atoms with Crippen molar-refractivity contribution in [3.8, 4) is 11.3 Å². The van der Waals surface area contributed by atoms with Gasteiger partial charge in [0.2, 0.25) is 15.9 Å². The zero-order chi connectivity index (χ0) is 20.3. The first kappa shape index (κ1) is 19.3. The fourth-order valence-electron chi connectivity index (χ4n) is 3.37. The first-order valence-electron chi connectivity index (χ1n) is 9.26. The van der Waals surface area contributed by atoms with E-state index in [2.05, 4.69) is 15.5 Å². The third kappa shape index (κ3) is 4.20. The molecule has 1 aliphatic heterocycles. The van der Waals surface area contributed by atoms with Crippen LogP contribution in [0.3, 0.4) is 0 Å². The highest BCUT2D eigenvalue weighted by Crippen LogP contribution is 2.26. The summed E-state index contributed by atoms with van der Waals surface area (Å²) in [6, 6.07) is 12.2. The Morgan fingerprint density at radius 2 is 1.93 bits per heavy atom. The van der Waals surface area contributed by atoms with Gasteiger partial charge >= 0.3 is 0 Å². The third-order valence-electron chi connectivity index (χ3n) is 4.95. The number of carbonyl (C=O) groups is 1. The zero-order valence-corrected chi connectivity index (χ0v) is 16.4. The number of hydrogen-bond donors (Lipinski definition) is 1. The molecule has 0 aliphatic carbocycles. The number of piperidine rings is 1. The molecule has 1 N–H and O–H groups in total. The lowest BCUT2D eigenvalue weighted by Gasteiger charge is -2.30. The molecule has 2 aromatic heterocycles. The Morgan fingerprint density at radius 3 is 2.62 bits per heavy atom. The second-order valence-electron chi connectivity index (χ2n) is 6.81. The van der Waals surface area contributed by atoms with Gasteiger partial charge in [0.05, 0.1) is 6.20 Å². The summed E-state index contributed by atoms with van der Waals surface area (Å²) in [4.78, 5) is 16.7. The lowest BCUT2D eigenvalue weighted by Crippen LogP contribution is -2.41. The van der Waals surface area contributed by atoms with Gasteiger partial charge in [0.15, 0.2) is 5.76 Å². The highest BCUT2D eigenvalue weighted by Gasteiger charge is 2.32. The summed E-state index contributed by atoms with van der Waals surface area (Å²) in [6.45, 7) is 0.598. The summed E-state index contributed by atoms with van der Waals surface area (Å²) in [5.74, 6) is 0.262. The van der Waals surface area contributed by atoms with Gasteiger partial charge in [-0.05, 0) is 37.1 Å². The molecule has 1 aromatic carbocycles. The number of pyridine rings is 1. The Morgan fingerprint density at radius 1 is 1.10 bits per heavy atom. The van der Waals surface area contributed by atoms with Crippen LogP contribution in [0.5, 0.6) is 0 Å². The van der Waals surface area contributed by atoms with Crippen LogP contribution in [0.1, 0.15) is 12.8 Å². The fourth-order valence-corrected chi connectivity index (χ4v) is 4.80. The molecule has 1 amide bonds. The van der Waals surface area contributed by atoms with Crippen molar-refractivity contribution in [2.75, 3.05) is 18.4 Å². The molecule has 4 rings (SSSR count). The quantitative estimate of drug-likeness (QED) is 0.691. The van der Waals surface area contributed by atoms with Crippen molar-refractivity contribution in [1.82, 2.24) is 14.4 Å². The predicted octanol–water partition coefficient (Wildman–Crippen LogP) is 2.78. The zero-order valence-electron chi connectivity index (χ0n) is 15.6. The van der Waals surface area contributed by atoms with Crippen molar-refractivity contribution in [3.05, 3.63) is 61.1 Å². The lowest BCUT2D eigenvalue weighted by atomic mass is 9.97. The van der Waals surface area contributed by atoms with Crippen LogP contribution in [0.25, 0.3) is 11.3 Å². The van der Waals surface area contributed by atoms with Crippen LogP contribution in [0.4, 0.5) is 5.69 Å². The molecule has 29 heavy (non-hydrogen) atoms. The molecule has 1 fully saturated rings. The van der Waals surface area contributed by atoms with Gasteiger partial charge in [0.25, 0.3) is 0 Å². The van der Waals surface area contributed by atoms with E-state index >= 15 is 0 Å². The maximum atomic E-state index is 12.7. The highest BCUT2D eigenvalue weighted by atomic mass is 32.2. The molecule has 8 nitrogen and oxygen atoms in total. The van der Waals surface area contributed by atoms with E-state index in [9.17, 15) is 13.2 Å². The van der Waals surface area contributed by atoms with Gasteiger partial charge in [-0.1, -0.05) is 17.3 Å². The molecule has 1 aliphatic rings. The van der Waals surface area contributed by atoms with E-state index in [1.54, 1.807) is 24.4 Å². The van der Waals surface area contributed by atoms with E-state index in [1.807, 2.05) is 18.2 Å². The molecule has 0 atom stereocenters. The highest BCUT2D eigenvalue weighted by molar-refractivity contribution is 7.89. The topological polar surface area (TPSA) is 105 Å². The third-order valence-corrected chi connectivity index (χ3v) is 6.83. The molecule has 0 unspecified atom stereocenters. The van der Waals surface area contributed by atoms with Crippen LogP contribution < -0.4 is 5.32 Å². The van der Waals surface area contributed by atoms with E-state index in [-0.39, 0.29) is 16.7 Å². The summed E-state index contributed by atoms with van der Waals surface area (Å²) >= 11 is 0. The summed E-state index contributed by atoms with van der Waals surface area (Å²) in [5.41, 5.74) is 1.48. The van der Waals surface area contributed by atoms with Crippen LogP contribution in [0.15, 0.2) is 70.5 Å². The van der Waals surface area contributed by atoms with E-state index in [4.69, 9.17) is 4.52 Å². The van der Waals surface area contributed by atoms with Gasteiger partial charge in [-0.2, -0.15) is 4.31 Å². The molecule has 3 aromatic rings. The van der Waals surface area contributed by atoms with Gasteiger partial charge in [-0.15, -0.1) is 0 Å². The van der Waals surface area contributed by atoms with Crippen molar-refractivity contribution < 1.29 is 17.7 Å². The molecule has 0 radical (unpaired) electrons. The van der Waals surface area contributed by atoms with Gasteiger partial charge in [0.1, 0.15) is 4.90 Å². The average Bonchev–Trinajstić information content (AvgIpc) is 3.30. The van der Waals surface area contributed by atoms with Crippen LogP contribution >= 0.6 is 0 Å². The first-order valence-corrected chi connectivity index (χ1v) is 10.7. The number of nitrogens with zero attached hydrogens (tertiary/aromatic N) is 3. The number of benzene rings is 1. The molecule has 9 heteroatoms. The Labute approximate surface area is 168 Å². The van der Waals surface area contributed by atoms with Crippen LogP contribution in [-0.4, -0.2) is 41.9 Å². The summed E-state index contributed by atoms with van der Waals surface area (Å²) in [6.07, 6.45) is 5.37. The maximum absolute atomic E-state index is 12.7. The monoisotopic (exact) mass is 412 g/mol. The van der Waals surface area contributed by atoms with E-state index < -0.39 is 10.0 Å². The number of carbonyl (C=O) groups excluding carboxylic acids is 1. The van der Waals surface area contributed by atoms with Gasteiger partial charge < -0.3 is 9.84 Å². The second kappa shape index (κ2) is 8.14. The smallest absolute Gasteiger partial charge is 0.244 e. The van der Waals surface area contributed by atoms with Crippen LogP contribution in [0.2, 0.25) is 0 Å². The van der Waals surface area contributed by atoms with Crippen LogP contribution in [-0.2, 0) is 14.8 Å². The second-order valence-corrected chi connectivity index (χ2v) is 8.75. The Kier molecular flexibility index (Phi) is 5.41. The van der Waals surface area contributed by atoms with Crippen molar-refractivity contribution in [1.29, 1.82) is 0 Å². The summed E-state index contributed by atoms with van der Waals surface area (Å²) < 4.78 is 31.9. The normalized spacial score (nSPS) is 15.9. The Bertz CT molecular complexity index is 1080. The van der Waals surface area contributed by atoms with Crippen molar-refractivity contribution >= 4 is 21.6 Å². The number of nitrogens with one attached hydrogen (secondary N) is 1. The largest absolute Gasteiger partial charge is 0.356 e. The van der Waals surface area contributed by atoms with Crippen molar-refractivity contribution in [2.45, 2.75) is 17.7 Å². The standard InChI is InChI=1S/C20H20N4O4S/c25-20(23-17-4-1-3-16(13-17)19-6-10-22-28-19)15-7-11-24(12-8-15)29(26,27)18-5-2-9-21-14-18/h1-6,9-10,13-15H,7-8,11-12H2,(H,23,25). The minimum Gasteiger partial charge on any atom is -0.356 e. The molecule has 0 saturated carbocycles. The maximum Gasteiger partial charge on any atom is 0.244 e. The van der Waals surface area contributed by atoms with Gasteiger partial charge in [0, 0.05) is 48.7 Å². The summed E-state index contributed by atoms with van der Waals surface area (Å²) in [7, 11) is -3.58. The van der Waals surface area contributed by atoms with Gasteiger partial charge in [-0.3, -0.25) is 9.78 Å². The first-order chi connectivity index (χ1) is 14.0. The molecule has 0 spiro atoms. The Hall–Kier alpha value is -3.04. The number of sulfonamides is 1. The van der Waals surface area contributed by atoms with Gasteiger partial charge in [-0.25, -0.2) is 8.42 Å².